The molecule has 0 aromatic heterocycles. The van der Waals surface area contributed by atoms with Crippen LogP contribution in [0.2, 0.25) is 0 Å². The van der Waals surface area contributed by atoms with Gasteiger partial charge in [0, 0.05) is 13.1 Å². The third-order valence-corrected chi connectivity index (χ3v) is 7.08. The summed E-state index contributed by atoms with van der Waals surface area (Å²) in [4.78, 5) is 11.9. The van der Waals surface area contributed by atoms with Crippen LogP contribution in [0.25, 0.3) is 0 Å². The van der Waals surface area contributed by atoms with E-state index in [9.17, 15) is 26.4 Å². The number of carbonyl (C=O) groups is 1. The Hall–Kier alpha value is -1.65. The average Bonchev–Trinajstić information content (AvgIpc) is 2.66. The summed E-state index contributed by atoms with van der Waals surface area (Å²) in [5, 5.41) is 0. The first-order chi connectivity index (χ1) is 14.1. The molecule has 0 radical (unpaired) electrons. The van der Waals surface area contributed by atoms with Gasteiger partial charge in [0.1, 0.15) is 5.60 Å². The molecule has 1 aliphatic carbocycles. The number of hydrogen-bond donors (Lipinski definition) is 0. The molecule has 1 aromatic rings. The monoisotopic (exact) mass is 465 g/mol. The summed E-state index contributed by atoms with van der Waals surface area (Å²) in [6.45, 7) is 6.95. The molecule has 0 heterocycles. The van der Waals surface area contributed by atoms with Crippen LogP contribution in [0.4, 0.5) is 13.2 Å². The van der Waals surface area contributed by atoms with E-state index >= 15 is 0 Å². The lowest BCUT2D eigenvalue weighted by Crippen LogP contribution is -2.42. The van der Waals surface area contributed by atoms with Gasteiger partial charge in [-0.05, 0) is 77.6 Å². The fraction of sp³-hybridized carbons (Fsp3) is 0.667. The lowest BCUT2D eigenvalue weighted by molar-refractivity contribution is -0.172. The van der Waals surface area contributed by atoms with Gasteiger partial charge in [-0.3, -0.25) is 0 Å². The molecule has 0 aliphatic heterocycles. The first-order valence-corrected chi connectivity index (χ1v) is 11.6. The van der Waals surface area contributed by atoms with E-state index in [1.165, 1.54) is 11.4 Å². The molecule has 6 nitrogen and oxygen atoms in total. The van der Waals surface area contributed by atoms with Crippen molar-refractivity contribution in [3.05, 3.63) is 29.8 Å². The molecule has 0 bridgehead atoms. The Morgan fingerprint density at radius 2 is 1.58 bits per heavy atom. The van der Waals surface area contributed by atoms with Crippen molar-refractivity contribution in [2.45, 2.75) is 88.3 Å². The van der Waals surface area contributed by atoms with Gasteiger partial charge < -0.3 is 9.47 Å². The highest BCUT2D eigenvalue weighted by Gasteiger charge is 2.35. The van der Waals surface area contributed by atoms with Crippen LogP contribution in [-0.2, 0) is 30.5 Å². The number of hydrogen-bond acceptors (Lipinski definition) is 5. The number of sulfonamides is 1. The first-order valence-electron chi connectivity index (χ1n) is 10.1. The summed E-state index contributed by atoms with van der Waals surface area (Å²) in [5.41, 5.74) is -1.51. The minimum absolute atomic E-state index is 0.181. The summed E-state index contributed by atoms with van der Waals surface area (Å²) in [7, 11) is -2.49. The number of rotatable bonds is 6. The summed E-state index contributed by atoms with van der Waals surface area (Å²) < 4.78 is 76.1. The quantitative estimate of drug-likeness (QED) is 0.583. The van der Waals surface area contributed by atoms with Gasteiger partial charge in [-0.2, -0.15) is 17.5 Å². The summed E-state index contributed by atoms with van der Waals surface area (Å²) >= 11 is 0. The van der Waals surface area contributed by atoms with E-state index in [2.05, 4.69) is 0 Å². The van der Waals surface area contributed by atoms with Crippen LogP contribution < -0.4 is 0 Å². The molecule has 1 saturated carbocycles. The lowest BCUT2D eigenvalue weighted by Gasteiger charge is -2.35. The predicted octanol–water partition coefficient (Wildman–Crippen LogP) is 4.38. The van der Waals surface area contributed by atoms with Gasteiger partial charge in [-0.15, -0.1) is 0 Å². The van der Waals surface area contributed by atoms with Crippen LogP contribution in [0.3, 0.4) is 0 Å². The molecular formula is C21H30F3NO5S. The topological polar surface area (TPSA) is 72.9 Å². The number of carbonyl (C=O) groups excluding carboxylic acids is 1. The van der Waals surface area contributed by atoms with E-state index in [0.717, 1.165) is 24.3 Å². The van der Waals surface area contributed by atoms with E-state index in [-0.39, 0.29) is 17.0 Å². The van der Waals surface area contributed by atoms with Crippen molar-refractivity contribution in [3.63, 3.8) is 0 Å². The van der Waals surface area contributed by atoms with Crippen molar-refractivity contribution < 1.29 is 35.9 Å². The van der Waals surface area contributed by atoms with E-state index in [1.54, 1.807) is 27.7 Å². The Bertz CT molecular complexity index is 854. The average molecular weight is 466 g/mol. The Morgan fingerprint density at radius 3 is 2.03 bits per heavy atom. The van der Waals surface area contributed by atoms with Crippen LogP contribution in [-0.4, -0.2) is 49.6 Å². The molecule has 0 amide bonds. The third kappa shape index (κ3) is 6.92. The second kappa shape index (κ2) is 9.46. The van der Waals surface area contributed by atoms with Gasteiger partial charge in [-0.1, -0.05) is 0 Å². The maximum atomic E-state index is 12.8. The Kier molecular flexibility index (Phi) is 7.81. The maximum absolute atomic E-state index is 12.8. The van der Waals surface area contributed by atoms with Crippen LogP contribution in [0.1, 0.15) is 58.9 Å². The summed E-state index contributed by atoms with van der Waals surface area (Å²) in [5.74, 6) is -0.448. The fourth-order valence-electron chi connectivity index (χ4n) is 3.45. The molecule has 10 heteroatoms. The van der Waals surface area contributed by atoms with Crippen LogP contribution in [0.15, 0.2) is 29.2 Å². The SMILES string of the molecule is CC(OC1CCC(N(C)S(=O)(=O)c2ccc(C(F)(F)F)cc2)CC1)C(=O)OC(C)(C)C. The molecule has 1 unspecified atom stereocenters. The second-order valence-electron chi connectivity index (χ2n) is 8.79. The van der Waals surface area contributed by atoms with Crippen LogP contribution >= 0.6 is 0 Å². The van der Waals surface area contributed by atoms with E-state index in [4.69, 9.17) is 9.47 Å². The Morgan fingerprint density at radius 1 is 1.06 bits per heavy atom. The molecule has 2 rings (SSSR count). The van der Waals surface area contributed by atoms with Gasteiger partial charge in [-0.25, -0.2) is 13.2 Å². The predicted molar refractivity (Wildman–Crippen MR) is 109 cm³/mol. The fourth-order valence-corrected chi connectivity index (χ4v) is 4.87. The largest absolute Gasteiger partial charge is 0.458 e. The maximum Gasteiger partial charge on any atom is 0.416 e. The van der Waals surface area contributed by atoms with Gasteiger partial charge >= 0.3 is 12.1 Å². The zero-order chi connectivity index (χ0) is 23.6. The van der Waals surface area contributed by atoms with Crippen LogP contribution in [0.5, 0.6) is 0 Å². The Balaban J connectivity index is 1.95. The number of nitrogens with zero attached hydrogens (tertiary/aromatic N) is 1. The van der Waals surface area contributed by atoms with Crippen molar-refractivity contribution in [1.29, 1.82) is 0 Å². The highest BCUT2D eigenvalue weighted by molar-refractivity contribution is 7.89. The number of halogens is 3. The third-order valence-electron chi connectivity index (χ3n) is 5.15. The molecule has 176 valence electrons. The smallest absolute Gasteiger partial charge is 0.416 e. The number of alkyl halides is 3. The molecular weight excluding hydrogens is 435 g/mol. The second-order valence-corrected chi connectivity index (χ2v) is 10.8. The van der Waals surface area contributed by atoms with Crippen molar-refractivity contribution in [3.8, 4) is 0 Å². The highest BCUT2D eigenvalue weighted by atomic mass is 32.2. The Labute approximate surface area is 181 Å². The number of ether oxygens (including phenoxy) is 2. The first kappa shape index (κ1) is 25.6. The molecule has 0 N–H and O–H groups in total. The van der Waals surface area contributed by atoms with Gasteiger partial charge in [0.15, 0.2) is 6.10 Å². The molecule has 0 saturated heterocycles. The van der Waals surface area contributed by atoms with E-state index < -0.39 is 39.4 Å². The zero-order valence-electron chi connectivity index (χ0n) is 18.4. The normalized spacial score (nSPS) is 21.7. The number of benzene rings is 1. The van der Waals surface area contributed by atoms with E-state index in [0.29, 0.717) is 25.7 Å². The van der Waals surface area contributed by atoms with Crippen molar-refractivity contribution in [2.24, 2.45) is 0 Å². The van der Waals surface area contributed by atoms with Gasteiger partial charge in [0.2, 0.25) is 10.0 Å². The summed E-state index contributed by atoms with van der Waals surface area (Å²) in [6.07, 6.45) is -3.29. The molecule has 1 aromatic carbocycles. The minimum Gasteiger partial charge on any atom is -0.458 e. The van der Waals surface area contributed by atoms with Gasteiger partial charge in [0.05, 0.1) is 16.6 Å². The highest BCUT2D eigenvalue weighted by Crippen LogP contribution is 2.32. The molecule has 1 atom stereocenters. The van der Waals surface area contributed by atoms with E-state index in [1.807, 2.05) is 0 Å². The molecule has 31 heavy (non-hydrogen) atoms. The summed E-state index contributed by atoms with van der Waals surface area (Å²) in [6, 6.07) is 3.19. The van der Waals surface area contributed by atoms with Gasteiger partial charge in [0.25, 0.3) is 0 Å². The minimum atomic E-state index is -4.52. The lowest BCUT2D eigenvalue weighted by atomic mass is 9.93. The zero-order valence-corrected chi connectivity index (χ0v) is 19.2. The molecule has 1 aliphatic rings. The standard InChI is InChI=1S/C21H30F3NO5S/c1-14(19(26)30-20(2,3)4)29-17-10-8-16(9-11-17)25(5)31(27,28)18-12-6-15(7-13-18)21(22,23)24/h6-7,12-14,16-17H,8-11H2,1-5H3. The number of esters is 1. The van der Waals surface area contributed by atoms with Crippen LogP contribution in [0, 0.1) is 0 Å². The van der Waals surface area contributed by atoms with Crippen molar-refractivity contribution >= 4 is 16.0 Å². The van der Waals surface area contributed by atoms with Crippen molar-refractivity contribution in [2.75, 3.05) is 7.05 Å². The van der Waals surface area contributed by atoms with Crippen molar-refractivity contribution in [1.82, 2.24) is 4.31 Å². The molecule has 1 fully saturated rings. The molecule has 0 spiro atoms.